The molecule has 0 aliphatic carbocycles. The molecule has 0 unspecified atom stereocenters. The molecule has 0 saturated carbocycles. The molecule has 1 heterocycles. The Kier molecular flexibility index (Phi) is 2.25. The van der Waals surface area contributed by atoms with Gasteiger partial charge in [0.15, 0.2) is 0 Å². The number of hydrogen-bond donors (Lipinski definition) is 1. The second-order valence-corrected chi connectivity index (χ2v) is 2.80. The number of aliphatic hydroxyl groups excluding tert-OH is 1. The third-order valence-electron chi connectivity index (χ3n) is 1.15. The van der Waals surface area contributed by atoms with E-state index >= 15 is 0 Å². The fraction of sp³-hybridized carbons (Fsp3) is 0.286. The SMILES string of the molecule is [CH2]C[C@H](O)c1cccs1. The molecule has 0 amide bonds. The first-order chi connectivity index (χ1) is 4.34. The third-order valence-corrected chi connectivity index (χ3v) is 2.12. The first kappa shape index (κ1) is 6.78. The number of thiophene rings is 1. The summed E-state index contributed by atoms with van der Waals surface area (Å²) in [7, 11) is 0. The lowest BCUT2D eigenvalue weighted by molar-refractivity contribution is 0.184. The van der Waals surface area contributed by atoms with Gasteiger partial charge in [-0.05, 0) is 17.9 Å². The molecule has 0 saturated heterocycles. The Labute approximate surface area is 59.0 Å². The summed E-state index contributed by atoms with van der Waals surface area (Å²) in [6.07, 6.45) is 0.200. The van der Waals surface area contributed by atoms with Crippen LogP contribution in [0.2, 0.25) is 0 Å². The second kappa shape index (κ2) is 2.99. The summed E-state index contributed by atoms with van der Waals surface area (Å²) < 4.78 is 0. The lowest BCUT2D eigenvalue weighted by atomic mass is 10.2. The molecule has 1 atom stereocenters. The van der Waals surface area contributed by atoms with Crippen LogP contribution in [0, 0.1) is 6.92 Å². The Morgan fingerprint density at radius 2 is 2.56 bits per heavy atom. The van der Waals surface area contributed by atoms with Crippen molar-refractivity contribution >= 4 is 11.3 Å². The van der Waals surface area contributed by atoms with Crippen molar-refractivity contribution in [1.82, 2.24) is 0 Å². The number of aliphatic hydroxyl groups is 1. The second-order valence-electron chi connectivity index (χ2n) is 1.82. The Hall–Kier alpha value is -0.340. The van der Waals surface area contributed by atoms with Crippen LogP contribution >= 0.6 is 11.3 Å². The van der Waals surface area contributed by atoms with Crippen LogP contribution in [0.15, 0.2) is 17.5 Å². The van der Waals surface area contributed by atoms with E-state index in [0.717, 1.165) is 4.88 Å². The Bertz CT molecular complexity index is 157. The van der Waals surface area contributed by atoms with Crippen LogP contribution in [0.4, 0.5) is 0 Å². The largest absolute Gasteiger partial charge is 0.388 e. The van der Waals surface area contributed by atoms with Gasteiger partial charge in [-0.15, -0.1) is 11.3 Å². The van der Waals surface area contributed by atoms with E-state index in [1.165, 1.54) is 0 Å². The predicted molar refractivity (Wildman–Crippen MR) is 39.3 cm³/mol. The van der Waals surface area contributed by atoms with Crippen molar-refractivity contribution in [2.45, 2.75) is 12.5 Å². The number of hydrogen-bond acceptors (Lipinski definition) is 2. The molecule has 0 aliphatic rings. The van der Waals surface area contributed by atoms with Crippen molar-refractivity contribution in [3.8, 4) is 0 Å². The maximum atomic E-state index is 9.17. The molecule has 0 aliphatic heterocycles. The van der Waals surface area contributed by atoms with Crippen molar-refractivity contribution in [3.05, 3.63) is 29.3 Å². The van der Waals surface area contributed by atoms with E-state index in [1.807, 2.05) is 17.5 Å². The van der Waals surface area contributed by atoms with Crippen LogP contribution in [0.1, 0.15) is 17.4 Å². The average Bonchev–Trinajstić information content (AvgIpc) is 2.37. The molecule has 1 nitrogen and oxygen atoms in total. The van der Waals surface area contributed by atoms with E-state index in [4.69, 9.17) is 5.11 Å². The highest BCUT2D eigenvalue weighted by Crippen LogP contribution is 2.20. The highest BCUT2D eigenvalue weighted by molar-refractivity contribution is 7.10. The molecule has 2 heteroatoms. The van der Waals surface area contributed by atoms with Crippen LogP contribution in [0.25, 0.3) is 0 Å². The normalized spacial score (nSPS) is 13.6. The highest BCUT2D eigenvalue weighted by atomic mass is 32.1. The topological polar surface area (TPSA) is 20.2 Å². The van der Waals surface area contributed by atoms with Gasteiger partial charge >= 0.3 is 0 Å². The van der Waals surface area contributed by atoms with Crippen LogP contribution < -0.4 is 0 Å². The van der Waals surface area contributed by atoms with Gasteiger partial charge in [-0.3, -0.25) is 0 Å². The van der Waals surface area contributed by atoms with Crippen LogP contribution in [0.5, 0.6) is 0 Å². The lowest BCUT2D eigenvalue weighted by Crippen LogP contribution is -1.89. The van der Waals surface area contributed by atoms with Crippen molar-refractivity contribution in [1.29, 1.82) is 0 Å². The Morgan fingerprint density at radius 1 is 1.78 bits per heavy atom. The molecule has 0 aromatic carbocycles. The molecular weight excluding hydrogens is 132 g/mol. The van der Waals surface area contributed by atoms with Gasteiger partial charge in [-0.1, -0.05) is 13.0 Å². The van der Waals surface area contributed by atoms with Crippen LogP contribution in [-0.2, 0) is 0 Å². The molecule has 49 valence electrons. The quantitative estimate of drug-likeness (QED) is 0.668. The van der Waals surface area contributed by atoms with Gasteiger partial charge in [0.05, 0.1) is 6.10 Å². The summed E-state index contributed by atoms with van der Waals surface area (Å²) in [6, 6.07) is 3.85. The van der Waals surface area contributed by atoms with Crippen LogP contribution in [-0.4, -0.2) is 5.11 Å². The minimum Gasteiger partial charge on any atom is -0.388 e. The maximum absolute atomic E-state index is 9.17. The van der Waals surface area contributed by atoms with Gasteiger partial charge in [-0.2, -0.15) is 0 Å². The first-order valence-electron chi connectivity index (χ1n) is 2.85. The summed E-state index contributed by atoms with van der Waals surface area (Å²) >= 11 is 1.57. The summed E-state index contributed by atoms with van der Waals surface area (Å²) in [4.78, 5) is 1.00. The Morgan fingerprint density at radius 3 is 3.00 bits per heavy atom. The maximum Gasteiger partial charge on any atom is 0.0882 e. The van der Waals surface area contributed by atoms with Gasteiger partial charge in [0.1, 0.15) is 0 Å². The van der Waals surface area contributed by atoms with Gasteiger partial charge in [0.2, 0.25) is 0 Å². The van der Waals surface area contributed by atoms with E-state index < -0.39 is 0 Å². The average molecular weight is 141 g/mol. The van der Waals surface area contributed by atoms with Crippen molar-refractivity contribution in [2.75, 3.05) is 0 Å². The van der Waals surface area contributed by atoms with Crippen molar-refractivity contribution in [3.63, 3.8) is 0 Å². The van der Waals surface area contributed by atoms with E-state index in [2.05, 4.69) is 6.92 Å². The first-order valence-corrected chi connectivity index (χ1v) is 3.73. The highest BCUT2D eigenvalue weighted by Gasteiger charge is 2.02. The zero-order valence-corrected chi connectivity index (χ0v) is 5.90. The van der Waals surface area contributed by atoms with Gasteiger partial charge in [0.25, 0.3) is 0 Å². The molecule has 1 radical (unpaired) electrons. The predicted octanol–water partition coefficient (Wildman–Crippen LogP) is 2.01. The summed E-state index contributed by atoms with van der Waals surface area (Å²) in [5.41, 5.74) is 0. The standard InChI is InChI=1S/C7H9OS/c1-2-6(8)7-4-3-5-9-7/h3-6,8H,1-2H2/t6-/m0/s1. The van der Waals surface area contributed by atoms with Crippen molar-refractivity contribution < 1.29 is 5.11 Å². The zero-order chi connectivity index (χ0) is 6.69. The van der Waals surface area contributed by atoms with E-state index in [0.29, 0.717) is 6.42 Å². The molecule has 1 rings (SSSR count). The minimum atomic E-state index is -0.356. The summed E-state index contributed by atoms with van der Waals surface area (Å²) in [5, 5.41) is 11.1. The van der Waals surface area contributed by atoms with E-state index in [-0.39, 0.29) is 6.10 Å². The van der Waals surface area contributed by atoms with Crippen molar-refractivity contribution in [2.24, 2.45) is 0 Å². The molecular formula is C7H9OS. The fourth-order valence-electron chi connectivity index (χ4n) is 0.623. The Balaban J connectivity index is 2.65. The van der Waals surface area contributed by atoms with Gasteiger partial charge < -0.3 is 5.11 Å². The van der Waals surface area contributed by atoms with E-state index in [9.17, 15) is 0 Å². The van der Waals surface area contributed by atoms with Gasteiger partial charge in [-0.25, -0.2) is 0 Å². The zero-order valence-electron chi connectivity index (χ0n) is 5.08. The van der Waals surface area contributed by atoms with Crippen LogP contribution in [0.3, 0.4) is 0 Å². The van der Waals surface area contributed by atoms with E-state index in [1.54, 1.807) is 11.3 Å². The molecule has 0 bridgehead atoms. The summed E-state index contributed by atoms with van der Waals surface area (Å²) in [6.45, 7) is 3.60. The lowest BCUT2D eigenvalue weighted by Gasteiger charge is -2.01. The molecule has 0 fully saturated rings. The molecule has 9 heavy (non-hydrogen) atoms. The third kappa shape index (κ3) is 1.53. The molecule has 1 N–H and O–H groups in total. The monoisotopic (exact) mass is 141 g/mol. The number of rotatable bonds is 2. The molecule has 1 aromatic heterocycles. The minimum absolute atomic E-state index is 0.356. The summed E-state index contributed by atoms with van der Waals surface area (Å²) in [5.74, 6) is 0. The fourth-order valence-corrected chi connectivity index (χ4v) is 1.37. The molecule has 1 aromatic rings. The van der Waals surface area contributed by atoms with Gasteiger partial charge in [0, 0.05) is 4.88 Å². The molecule has 0 spiro atoms. The smallest absolute Gasteiger partial charge is 0.0882 e.